The Bertz CT molecular complexity index is 670. The Labute approximate surface area is 152 Å². The minimum atomic E-state index is -3.60. The van der Waals surface area contributed by atoms with Crippen LogP contribution < -0.4 is 9.62 Å². The van der Waals surface area contributed by atoms with E-state index in [1.807, 2.05) is 59.7 Å². The molecule has 1 aromatic rings. The van der Waals surface area contributed by atoms with Crippen LogP contribution in [0.15, 0.2) is 18.2 Å². The van der Waals surface area contributed by atoms with Gasteiger partial charge in [-0.25, -0.2) is 8.42 Å². The molecule has 0 spiro atoms. The number of nitrogens with one attached hydrogen (secondary N) is 1. The number of carbonyl (C=O) groups is 1. The maximum atomic E-state index is 12.5. The van der Waals surface area contributed by atoms with Crippen molar-refractivity contribution in [2.75, 3.05) is 17.1 Å². The zero-order chi connectivity index (χ0) is 19.4. The van der Waals surface area contributed by atoms with Crippen LogP contribution in [-0.4, -0.2) is 33.2 Å². The van der Waals surface area contributed by atoms with Crippen LogP contribution in [0.4, 0.5) is 5.69 Å². The van der Waals surface area contributed by atoms with Gasteiger partial charge in [-0.15, -0.1) is 0 Å². The molecule has 1 amide bonds. The van der Waals surface area contributed by atoms with Gasteiger partial charge in [0.05, 0.1) is 11.9 Å². The topological polar surface area (TPSA) is 66.5 Å². The van der Waals surface area contributed by atoms with E-state index in [0.717, 1.165) is 23.8 Å². The lowest BCUT2D eigenvalue weighted by atomic mass is 9.92. The molecule has 0 heterocycles. The highest BCUT2D eigenvalue weighted by Crippen LogP contribution is 2.36. The molecule has 0 aliphatic heterocycles. The molecule has 0 radical (unpaired) electrons. The molecule has 0 saturated heterocycles. The molecule has 1 atom stereocenters. The fourth-order valence-electron chi connectivity index (χ4n) is 2.71. The maximum Gasteiger partial charge on any atom is 0.240 e. The molecule has 1 unspecified atom stereocenters. The van der Waals surface area contributed by atoms with Gasteiger partial charge in [0.25, 0.3) is 0 Å². The van der Waals surface area contributed by atoms with Gasteiger partial charge in [0.1, 0.15) is 6.54 Å². The molecule has 1 N–H and O–H groups in total. The minimum Gasteiger partial charge on any atom is -0.352 e. The van der Waals surface area contributed by atoms with Gasteiger partial charge in [-0.2, -0.15) is 0 Å². The van der Waals surface area contributed by atoms with Crippen molar-refractivity contribution in [3.63, 3.8) is 0 Å². The number of hydrogen-bond acceptors (Lipinski definition) is 3. The van der Waals surface area contributed by atoms with Crippen LogP contribution in [0.25, 0.3) is 0 Å². The third kappa shape index (κ3) is 5.73. The van der Waals surface area contributed by atoms with Crippen molar-refractivity contribution in [2.45, 2.75) is 65.8 Å². The number of carbonyl (C=O) groups excluding carboxylic acids is 1. The van der Waals surface area contributed by atoms with Crippen molar-refractivity contribution in [3.8, 4) is 0 Å². The molecule has 0 aliphatic carbocycles. The Kier molecular flexibility index (Phi) is 7.47. The number of anilines is 1. The monoisotopic (exact) mass is 368 g/mol. The van der Waals surface area contributed by atoms with E-state index in [4.69, 9.17) is 0 Å². The first kappa shape index (κ1) is 21.5. The predicted molar refractivity (Wildman–Crippen MR) is 105 cm³/mol. The van der Waals surface area contributed by atoms with Crippen molar-refractivity contribution >= 4 is 21.6 Å². The zero-order valence-electron chi connectivity index (χ0n) is 16.5. The Morgan fingerprint density at radius 2 is 1.56 bits per heavy atom. The van der Waals surface area contributed by atoms with Gasteiger partial charge in [-0.05, 0) is 36.3 Å². The second-order valence-electron chi connectivity index (χ2n) is 7.24. The fraction of sp³-hybridized carbons (Fsp3) is 0.632. The highest BCUT2D eigenvalue weighted by Gasteiger charge is 2.27. The van der Waals surface area contributed by atoms with Crippen LogP contribution in [0.1, 0.15) is 70.9 Å². The maximum absolute atomic E-state index is 12.5. The molecule has 25 heavy (non-hydrogen) atoms. The Morgan fingerprint density at radius 3 is 1.92 bits per heavy atom. The smallest absolute Gasteiger partial charge is 0.240 e. The predicted octanol–water partition coefficient (Wildman–Crippen LogP) is 3.61. The summed E-state index contributed by atoms with van der Waals surface area (Å²) in [5.74, 6) is 0.0131. The van der Waals surface area contributed by atoms with E-state index in [2.05, 4.69) is 5.32 Å². The van der Waals surface area contributed by atoms with Crippen molar-refractivity contribution < 1.29 is 13.2 Å². The Balaban J connectivity index is 3.44. The summed E-state index contributed by atoms with van der Waals surface area (Å²) in [7, 11) is -3.60. The van der Waals surface area contributed by atoms with Crippen LogP contribution in [0.2, 0.25) is 0 Å². The van der Waals surface area contributed by atoms with Crippen LogP contribution in [0, 0.1) is 0 Å². The summed E-state index contributed by atoms with van der Waals surface area (Å²) in [6.45, 7) is 11.8. The quantitative estimate of drug-likeness (QED) is 0.762. The summed E-state index contributed by atoms with van der Waals surface area (Å²) in [4.78, 5) is 12.4. The van der Waals surface area contributed by atoms with E-state index in [9.17, 15) is 13.2 Å². The normalized spacial score (nSPS) is 13.2. The standard InChI is InChI=1S/C19H32N2O3S/c1-8-15(6)20-18(22)12-21(25(7,23)24)19-16(13(2)3)10-9-11-17(19)14(4)5/h9-11,13-15H,8,12H2,1-7H3,(H,20,22). The lowest BCUT2D eigenvalue weighted by Crippen LogP contribution is -2.43. The Morgan fingerprint density at radius 1 is 1.08 bits per heavy atom. The number of para-hydroxylation sites is 1. The molecule has 1 rings (SSSR count). The van der Waals surface area contributed by atoms with E-state index in [-0.39, 0.29) is 30.3 Å². The molecule has 0 bridgehead atoms. The molecular weight excluding hydrogens is 336 g/mol. The molecule has 0 aliphatic rings. The number of amides is 1. The third-order valence-electron chi connectivity index (χ3n) is 4.30. The second kappa shape index (κ2) is 8.70. The van der Waals surface area contributed by atoms with Crippen molar-refractivity contribution in [1.29, 1.82) is 0 Å². The summed E-state index contributed by atoms with van der Waals surface area (Å²) in [6.07, 6.45) is 1.95. The summed E-state index contributed by atoms with van der Waals surface area (Å²) < 4.78 is 26.3. The van der Waals surface area contributed by atoms with Gasteiger partial charge in [0, 0.05) is 6.04 Å². The highest BCUT2D eigenvalue weighted by molar-refractivity contribution is 7.92. The average molecular weight is 369 g/mol. The minimum absolute atomic E-state index is 0.0128. The van der Waals surface area contributed by atoms with E-state index in [1.165, 1.54) is 4.31 Å². The summed E-state index contributed by atoms with van der Waals surface area (Å²) in [5, 5.41) is 2.85. The van der Waals surface area contributed by atoms with E-state index < -0.39 is 10.0 Å². The SMILES string of the molecule is CCC(C)NC(=O)CN(c1c(C(C)C)cccc1C(C)C)S(C)(=O)=O. The molecular formula is C19H32N2O3S. The van der Waals surface area contributed by atoms with Crippen molar-refractivity contribution in [3.05, 3.63) is 29.3 Å². The molecule has 1 aromatic carbocycles. The number of hydrogen-bond donors (Lipinski definition) is 1. The summed E-state index contributed by atoms with van der Waals surface area (Å²) >= 11 is 0. The number of sulfonamides is 1. The van der Waals surface area contributed by atoms with Gasteiger partial charge in [-0.1, -0.05) is 52.8 Å². The van der Waals surface area contributed by atoms with Gasteiger partial charge in [-0.3, -0.25) is 9.10 Å². The van der Waals surface area contributed by atoms with E-state index in [0.29, 0.717) is 5.69 Å². The first-order valence-electron chi connectivity index (χ1n) is 8.88. The third-order valence-corrected chi connectivity index (χ3v) is 5.41. The number of nitrogens with zero attached hydrogens (tertiary/aromatic N) is 1. The van der Waals surface area contributed by atoms with Crippen molar-refractivity contribution in [1.82, 2.24) is 5.32 Å². The molecule has 142 valence electrons. The lowest BCUT2D eigenvalue weighted by molar-refractivity contribution is -0.120. The number of rotatable bonds is 8. The van der Waals surface area contributed by atoms with Crippen LogP contribution >= 0.6 is 0 Å². The molecule has 0 fully saturated rings. The largest absolute Gasteiger partial charge is 0.352 e. The molecule has 0 aromatic heterocycles. The van der Waals surface area contributed by atoms with Crippen molar-refractivity contribution in [2.24, 2.45) is 0 Å². The van der Waals surface area contributed by atoms with Crippen LogP contribution in [0.3, 0.4) is 0 Å². The van der Waals surface area contributed by atoms with Crippen LogP contribution in [0.5, 0.6) is 0 Å². The lowest BCUT2D eigenvalue weighted by Gasteiger charge is -2.29. The molecule has 6 heteroatoms. The van der Waals surface area contributed by atoms with E-state index in [1.54, 1.807) is 0 Å². The average Bonchev–Trinajstić information content (AvgIpc) is 2.50. The Hall–Kier alpha value is -1.56. The van der Waals surface area contributed by atoms with Crippen LogP contribution in [-0.2, 0) is 14.8 Å². The van der Waals surface area contributed by atoms with Gasteiger partial charge >= 0.3 is 0 Å². The number of benzene rings is 1. The zero-order valence-corrected chi connectivity index (χ0v) is 17.3. The fourth-order valence-corrected chi connectivity index (χ4v) is 3.61. The summed E-state index contributed by atoms with van der Waals surface area (Å²) in [5.41, 5.74) is 2.52. The second-order valence-corrected chi connectivity index (χ2v) is 9.15. The van der Waals surface area contributed by atoms with E-state index >= 15 is 0 Å². The van der Waals surface area contributed by atoms with Gasteiger partial charge < -0.3 is 5.32 Å². The first-order valence-corrected chi connectivity index (χ1v) is 10.7. The highest BCUT2D eigenvalue weighted by atomic mass is 32.2. The van der Waals surface area contributed by atoms with Gasteiger partial charge in [0.15, 0.2) is 0 Å². The summed E-state index contributed by atoms with van der Waals surface area (Å²) in [6, 6.07) is 5.85. The molecule has 5 nitrogen and oxygen atoms in total. The first-order chi connectivity index (χ1) is 11.5. The molecule has 0 saturated carbocycles. The van der Waals surface area contributed by atoms with Gasteiger partial charge in [0.2, 0.25) is 15.9 Å².